The number of aromatic nitrogens is 1. The molecule has 5 rings (SSSR count). The Morgan fingerprint density at radius 3 is 2.77 bits per heavy atom. The smallest absolute Gasteiger partial charge is 0.307 e. The van der Waals surface area contributed by atoms with Gasteiger partial charge in [0.25, 0.3) is 11.8 Å². The summed E-state index contributed by atoms with van der Waals surface area (Å²) in [6.45, 7) is 3.67. The highest BCUT2D eigenvalue weighted by Gasteiger charge is 2.27. The molecule has 2 unspecified atom stereocenters. The average molecular weight is 617 g/mol. The van der Waals surface area contributed by atoms with Crippen LogP contribution in [0.4, 0.5) is 5.69 Å². The number of piperidine rings is 1. The number of aliphatic carboxylic acids is 1. The summed E-state index contributed by atoms with van der Waals surface area (Å²) in [5, 5.41) is 11.8. The number of carboxylic acids is 1. The van der Waals surface area contributed by atoms with E-state index in [1.54, 1.807) is 43.5 Å². The Kier molecular flexibility index (Phi) is 9.86. The lowest BCUT2D eigenvalue weighted by Gasteiger charge is -2.30. The van der Waals surface area contributed by atoms with Crippen LogP contribution in [0, 0.1) is 12.8 Å². The second-order valence-corrected chi connectivity index (χ2v) is 13.7. The molecule has 10 nitrogen and oxygen atoms in total. The highest BCUT2D eigenvalue weighted by Crippen LogP contribution is 2.25. The van der Waals surface area contributed by atoms with Crippen molar-refractivity contribution in [2.24, 2.45) is 10.3 Å². The van der Waals surface area contributed by atoms with Crippen molar-refractivity contribution in [3.05, 3.63) is 96.2 Å². The number of furan rings is 1. The molecule has 1 aliphatic carbocycles. The van der Waals surface area contributed by atoms with Crippen molar-refractivity contribution < 1.29 is 28.1 Å². The lowest BCUT2D eigenvalue weighted by Crippen LogP contribution is -2.39. The number of hydrogen-bond donors (Lipinski definition) is 2. The number of pyridine rings is 1. The summed E-state index contributed by atoms with van der Waals surface area (Å²) in [5.74, 6) is -1.68. The predicted octanol–water partition coefficient (Wildman–Crippen LogP) is 5.58. The zero-order valence-electron chi connectivity index (χ0n) is 24.6. The Hall–Kier alpha value is -4.35. The summed E-state index contributed by atoms with van der Waals surface area (Å²) in [6, 6.07) is 10.5. The van der Waals surface area contributed by atoms with E-state index in [1.807, 2.05) is 30.4 Å². The molecule has 2 N–H and O–H groups in total. The molecular weight excluding hydrogens is 580 g/mol. The van der Waals surface area contributed by atoms with Crippen molar-refractivity contribution in [3.63, 3.8) is 0 Å². The number of amides is 2. The van der Waals surface area contributed by atoms with Gasteiger partial charge in [-0.15, -0.1) is 0 Å². The Bertz CT molecular complexity index is 1720. The highest BCUT2D eigenvalue weighted by molar-refractivity contribution is 7.94. The van der Waals surface area contributed by atoms with Gasteiger partial charge in [0, 0.05) is 41.5 Å². The summed E-state index contributed by atoms with van der Waals surface area (Å²) >= 11 is 0. The Balaban J connectivity index is 1.33. The number of likely N-dealkylation sites (tertiary alicyclic amines) is 1. The van der Waals surface area contributed by atoms with Crippen molar-refractivity contribution in [1.29, 1.82) is 0 Å². The van der Waals surface area contributed by atoms with E-state index in [9.17, 15) is 23.7 Å². The van der Waals surface area contributed by atoms with Crippen LogP contribution in [0.1, 0.15) is 52.2 Å². The number of benzene rings is 1. The van der Waals surface area contributed by atoms with Crippen LogP contribution in [-0.2, 0) is 14.5 Å². The van der Waals surface area contributed by atoms with Gasteiger partial charge in [0.1, 0.15) is 0 Å². The fourth-order valence-corrected chi connectivity index (χ4v) is 7.73. The number of nitrogens with one attached hydrogen (secondary N) is 1. The number of carbonyl (C=O) groups is 3. The van der Waals surface area contributed by atoms with Crippen LogP contribution in [0.15, 0.2) is 88.1 Å². The van der Waals surface area contributed by atoms with Gasteiger partial charge >= 0.3 is 5.97 Å². The zero-order valence-corrected chi connectivity index (χ0v) is 25.4. The van der Waals surface area contributed by atoms with E-state index in [1.165, 1.54) is 12.5 Å². The number of hydrogen-bond acceptors (Lipinski definition) is 7. The van der Waals surface area contributed by atoms with Crippen LogP contribution in [0.25, 0.3) is 11.1 Å². The number of carboxylic acid groups (broad SMARTS) is 1. The van der Waals surface area contributed by atoms with Gasteiger partial charge in [0.2, 0.25) is 0 Å². The number of anilines is 1. The molecule has 0 bridgehead atoms. The third-order valence-electron chi connectivity index (χ3n) is 7.93. The topological polar surface area (TPSA) is 142 Å². The van der Waals surface area contributed by atoms with Crippen LogP contribution in [0.2, 0.25) is 0 Å². The Morgan fingerprint density at radius 2 is 2.02 bits per heavy atom. The van der Waals surface area contributed by atoms with E-state index in [2.05, 4.69) is 19.6 Å². The van der Waals surface area contributed by atoms with Crippen molar-refractivity contribution in [2.75, 3.05) is 30.7 Å². The van der Waals surface area contributed by atoms with Crippen molar-refractivity contribution in [1.82, 2.24) is 9.88 Å². The van der Waals surface area contributed by atoms with Gasteiger partial charge in [-0.05, 0) is 75.5 Å². The molecule has 0 saturated carbocycles. The molecule has 3 aromatic rings. The first-order chi connectivity index (χ1) is 21.2. The second kappa shape index (κ2) is 14.0. The fourth-order valence-electron chi connectivity index (χ4n) is 5.53. The SMILES string of the molecule is Cc1ccoc1C(=O)Nc1cccc(-c2cncc(C(=O)N=[S@](=O)(CCCN3CCCC(C(=O)O)C3)C3C=CC=CC3)c2)c1. The monoisotopic (exact) mass is 616 g/mol. The van der Waals surface area contributed by atoms with Crippen LogP contribution < -0.4 is 5.32 Å². The van der Waals surface area contributed by atoms with Gasteiger partial charge in [0.15, 0.2) is 5.76 Å². The number of aryl methyl sites for hydroxylation is 1. The first-order valence-electron chi connectivity index (χ1n) is 14.7. The maximum atomic E-state index is 14.3. The third-order valence-corrected chi connectivity index (χ3v) is 10.6. The van der Waals surface area contributed by atoms with Crippen molar-refractivity contribution >= 4 is 33.2 Å². The maximum absolute atomic E-state index is 14.3. The predicted molar refractivity (Wildman–Crippen MR) is 169 cm³/mol. The van der Waals surface area contributed by atoms with Crippen LogP contribution >= 0.6 is 0 Å². The summed E-state index contributed by atoms with van der Waals surface area (Å²) in [4.78, 5) is 43.9. The molecular formula is C33H36N4O6S. The summed E-state index contributed by atoms with van der Waals surface area (Å²) in [5.41, 5.74) is 2.86. The first kappa shape index (κ1) is 31.1. The summed E-state index contributed by atoms with van der Waals surface area (Å²) in [7, 11) is -2.98. The number of rotatable bonds is 10. The standard InChI is InChI=1S/C33H36N4O6S/c1-23-13-16-43-30(23)32(39)35-28-10-5-8-24(19-28)26-18-27(21-34-20-26)31(38)36-44(42,29-11-3-2-4-12-29)17-7-15-37-14-6-9-25(22-37)33(40)41/h2-5,8,10-11,13,16,18-21,25,29H,6-7,9,12,14-15,17,22H2,1H3,(H,35,39)(H,40,41)/t25?,29?,44-/m0/s1. The normalized spacial score (nSPS) is 19.7. The molecule has 2 aliphatic rings. The quantitative estimate of drug-likeness (QED) is 0.301. The zero-order chi connectivity index (χ0) is 31.1. The van der Waals surface area contributed by atoms with E-state index < -0.39 is 26.9 Å². The second-order valence-electron chi connectivity index (χ2n) is 11.1. The molecule has 0 radical (unpaired) electrons. The number of nitrogens with zero attached hydrogens (tertiary/aromatic N) is 3. The molecule has 230 valence electrons. The van der Waals surface area contributed by atoms with Gasteiger partial charge in [0.05, 0.1) is 32.7 Å². The summed E-state index contributed by atoms with van der Waals surface area (Å²) < 4.78 is 23.9. The minimum Gasteiger partial charge on any atom is -0.481 e. The molecule has 44 heavy (non-hydrogen) atoms. The van der Waals surface area contributed by atoms with E-state index in [4.69, 9.17) is 4.42 Å². The van der Waals surface area contributed by atoms with E-state index in [-0.39, 0.29) is 28.9 Å². The molecule has 1 aliphatic heterocycles. The lowest BCUT2D eigenvalue weighted by atomic mass is 9.98. The highest BCUT2D eigenvalue weighted by atomic mass is 32.2. The van der Waals surface area contributed by atoms with Crippen molar-refractivity contribution in [3.8, 4) is 11.1 Å². The molecule has 1 fully saturated rings. The molecule has 2 aromatic heterocycles. The van der Waals surface area contributed by atoms with Crippen LogP contribution in [0.3, 0.4) is 0 Å². The first-order valence-corrected chi connectivity index (χ1v) is 16.4. The lowest BCUT2D eigenvalue weighted by molar-refractivity contribution is -0.143. The van der Waals surface area contributed by atoms with Gasteiger partial charge in [-0.2, -0.15) is 4.36 Å². The van der Waals surface area contributed by atoms with Gasteiger partial charge in [-0.3, -0.25) is 19.4 Å². The molecule has 1 saturated heterocycles. The maximum Gasteiger partial charge on any atom is 0.307 e. The molecule has 11 heteroatoms. The molecule has 1 aromatic carbocycles. The van der Waals surface area contributed by atoms with Gasteiger partial charge in [-0.25, -0.2) is 4.21 Å². The molecule has 3 heterocycles. The minimum absolute atomic E-state index is 0.214. The van der Waals surface area contributed by atoms with E-state index in [0.717, 1.165) is 24.1 Å². The number of carbonyl (C=O) groups excluding carboxylic acids is 2. The van der Waals surface area contributed by atoms with Crippen LogP contribution in [-0.4, -0.2) is 67.6 Å². The van der Waals surface area contributed by atoms with E-state index in [0.29, 0.717) is 43.6 Å². The fraction of sp³-hybridized carbons (Fsp3) is 0.333. The van der Waals surface area contributed by atoms with Gasteiger partial charge < -0.3 is 19.7 Å². The third kappa shape index (κ3) is 7.59. The molecule has 0 spiro atoms. The summed E-state index contributed by atoms with van der Waals surface area (Å²) in [6.07, 6.45) is 14.5. The largest absolute Gasteiger partial charge is 0.481 e. The van der Waals surface area contributed by atoms with E-state index >= 15 is 0 Å². The Morgan fingerprint density at radius 1 is 1.16 bits per heavy atom. The average Bonchev–Trinajstić information content (AvgIpc) is 3.47. The van der Waals surface area contributed by atoms with Crippen molar-refractivity contribution in [2.45, 2.75) is 37.9 Å². The molecule has 2 amide bonds. The number of allylic oxidation sites excluding steroid dienone is 3. The Labute approximate surface area is 257 Å². The minimum atomic E-state index is -2.98. The van der Waals surface area contributed by atoms with Gasteiger partial charge in [-0.1, -0.05) is 36.4 Å². The van der Waals surface area contributed by atoms with Crippen LogP contribution in [0.5, 0.6) is 0 Å². The molecule has 3 atom stereocenters.